The van der Waals surface area contributed by atoms with E-state index < -0.39 is 0 Å². The zero-order valence-corrected chi connectivity index (χ0v) is 16.1. The van der Waals surface area contributed by atoms with Gasteiger partial charge in [-0.05, 0) is 20.8 Å². The van der Waals surface area contributed by atoms with Crippen molar-refractivity contribution >= 4 is 17.3 Å². The molecule has 2 N–H and O–H groups in total. The standard InChI is InChI=1S/C17H30N4O2S/c1-5-18-16(19-9-6-15-21-13(2)14(3)24-15)20-12-17(22-4)7-10-23-11-8-17/h5-12H2,1-4H3,(H2,18,19,20). The first-order valence-electron chi connectivity index (χ1n) is 8.66. The van der Waals surface area contributed by atoms with Crippen molar-refractivity contribution in [1.82, 2.24) is 15.6 Å². The summed E-state index contributed by atoms with van der Waals surface area (Å²) in [6, 6.07) is 0. The van der Waals surface area contributed by atoms with Gasteiger partial charge in [0.1, 0.15) is 0 Å². The maximum Gasteiger partial charge on any atom is 0.191 e. The Morgan fingerprint density at radius 2 is 2.08 bits per heavy atom. The second-order valence-corrected chi connectivity index (χ2v) is 7.41. The first-order chi connectivity index (χ1) is 11.6. The van der Waals surface area contributed by atoms with Crippen molar-refractivity contribution in [2.24, 2.45) is 4.99 Å². The smallest absolute Gasteiger partial charge is 0.191 e. The highest BCUT2D eigenvalue weighted by Crippen LogP contribution is 2.24. The molecule has 7 heteroatoms. The van der Waals surface area contributed by atoms with Gasteiger partial charge in [0.05, 0.1) is 22.8 Å². The topological polar surface area (TPSA) is 67.8 Å². The molecule has 2 heterocycles. The van der Waals surface area contributed by atoms with Crippen LogP contribution in [0.25, 0.3) is 0 Å². The molecule has 0 radical (unpaired) electrons. The monoisotopic (exact) mass is 354 g/mol. The quantitative estimate of drug-likeness (QED) is 0.579. The van der Waals surface area contributed by atoms with E-state index in [0.29, 0.717) is 6.54 Å². The van der Waals surface area contributed by atoms with Gasteiger partial charge in [0.25, 0.3) is 0 Å². The summed E-state index contributed by atoms with van der Waals surface area (Å²) in [5.74, 6) is 0.838. The number of guanidine groups is 1. The van der Waals surface area contributed by atoms with Crippen LogP contribution in [0, 0.1) is 13.8 Å². The third-order valence-corrected chi connectivity index (χ3v) is 5.54. The summed E-state index contributed by atoms with van der Waals surface area (Å²) < 4.78 is 11.2. The Morgan fingerprint density at radius 3 is 2.67 bits per heavy atom. The Labute approximate surface area is 149 Å². The number of nitrogens with zero attached hydrogens (tertiary/aromatic N) is 2. The third-order valence-electron chi connectivity index (χ3n) is 4.41. The lowest BCUT2D eigenvalue weighted by molar-refractivity contribution is -0.0828. The number of ether oxygens (including phenoxy) is 2. The maximum absolute atomic E-state index is 5.75. The molecule has 0 unspecified atom stereocenters. The SMILES string of the molecule is CCNC(=NCC1(OC)CCOCC1)NCCc1nc(C)c(C)s1. The second kappa shape index (κ2) is 9.34. The minimum atomic E-state index is -0.190. The number of nitrogens with one attached hydrogen (secondary N) is 2. The van der Waals surface area contributed by atoms with Gasteiger partial charge in [-0.15, -0.1) is 11.3 Å². The van der Waals surface area contributed by atoms with Crippen molar-refractivity contribution in [3.05, 3.63) is 15.6 Å². The first kappa shape index (κ1) is 19.1. The zero-order valence-electron chi connectivity index (χ0n) is 15.3. The van der Waals surface area contributed by atoms with Crippen LogP contribution in [0.15, 0.2) is 4.99 Å². The molecule has 136 valence electrons. The molecular weight excluding hydrogens is 324 g/mol. The number of rotatable bonds is 7. The number of aryl methyl sites for hydroxylation is 2. The highest BCUT2D eigenvalue weighted by atomic mass is 32.1. The molecule has 1 aliphatic rings. The summed E-state index contributed by atoms with van der Waals surface area (Å²) in [5, 5.41) is 7.87. The van der Waals surface area contributed by atoms with Crippen molar-refractivity contribution < 1.29 is 9.47 Å². The van der Waals surface area contributed by atoms with E-state index in [9.17, 15) is 0 Å². The highest BCUT2D eigenvalue weighted by molar-refractivity contribution is 7.11. The molecule has 0 spiro atoms. The van der Waals surface area contributed by atoms with Gasteiger partial charge < -0.3 is 20.1 Å². The van der Waals surface area contributed by atoms with Crippen LogP contribution in [0.2, 0.25) is 0 Å². The summed E-state index contributed by atoms with van der Waals surface area (Å²) in [6.07, 6.45) is 2.70. The molecule has 2 rings (SSSR count). The van der Waals surface area contributed by atoms with Crippen LogP contribution in [0.4, 0.5) is 0 Å². The van der Waals surface area contributed by atoms with E-state index in [-0.39, 0.29) is 5.60 Å². The van der Waals surface area contributed by atoms with Crippen LogP contribution < -0.4 is 10.6 Å². The summed E-state index contributed by atoms with van der Waals surface area (Å²) >= 11 is 1.77. The number of thiazole rings is 1. The average Bonchev–Trinajstić information content (AvgIpc) is 2.91. The van der Waals surface area contributed by atoms with Crippen molar-refractivity contribution in [3.8, 4) is 0 Å². The van der Waals surface area contributed by atoms with E-state index in [2.05, 4.69) is 36.4 Å². The van der Waals surface area contributed by atoms with Gasteiger partial charge >= 0.3 is 0 Å². The van der Waals surface area contributed by atoms with Crippen LogP contribution in [0.5, 0.6) is 0 Å². The summed E-state index contributed by atoms with van der Waals surface area (Å²) in [7, 11) is 1.77. The molecule has 1 aromatic heterocycles. The first-order valence-corrected chi connectivity index (χ1v) is 9.48. The molecule has 0 saturated carbocycles. The summed E-state index contributed by atoms with van der Waals surface area (Å²) in [5.41, 5.74) is 0.946. The van der Waals surface area contributed by atoms with Gasteiger partial charge in [0.2, 0.25) is 0 Å². The Hall–Kier alpha value is -1.18. The van der Waals surface area contributed by atoms with Crippen LogP contribution in [-0.4, -0.2) is 56.5 Å². The lowest BCUT2D eigenvalue weighted by Crippen LogP contribution is -2.44. The molecular formula is C17H30N4O2S. The fraction of sp³-hybridized carbons (Fsp3) is 0.765. The third kappa shape index (κ3) is 5.43. The molecule has 1 aliphatic heterocycles. The molecule has 0 aromatic carbocycles. The normalized spacial score (nSPS) is 17.8. The molecule has 1 aromatic rings. The zero-order chi connectivity index (χ0) is 17.4. The molecule has 6 nitrogen and oxygen atoms in total. The molecule has 1 fully saturated rings. The van der Waals surface area contributed by atoms with Crippen LogP contribution >= 0.6 is 11.3 Å². The highest BCUT2D eigenvalue weighted by Gasteiger charge is 2.32. The van der Waals surface area contributed by atoms with E-state index in [4.69, 9.17) is 14.5 Å². The maximum atomic E-state index is 5.75. The van der Waals surface area contributed by atoms with E-state index in [1.807, 2.05) is 0 Å². The number of aliphatic imine (C=N–C) groups is 1. The number of hydrogen-bond donors (Lipinski definition) is 2. The minimum absolute atomic E-state index is 0.190. The Morgan fingerprint density at radius 1 is 1.33 bits per heavy atom. The predicted molar refractivity (Wildman–Crippen MR) is 99.1 cm³/mol. The van der Waals surface area contributed by atoms with Gasteiger partial charge in [-0.1, -0.05) is 0 Å². The van der Waals surface area contributed by atoms with E-state index in [0.717, 1.165) is 57.2 Å². The largest absolute Gasteiger partial charge is 0.381 e. The molecule has 0 amide bonds. The van der Waals surface area contributed by atoms with E-state index in [1.165, 1.54) is 9.88 Å². The average molecular weight is 355 g/mol. The van der Waals surface area contributed by atoms with Crippen molar-refractivity contribution in [2.45, 2.75) is 45.6 Å². The minimum Gasteiger partial charge on any atom is -0.381 e. The van der Waals surface area contributed by atoms with Gasteiger partial charge in [-0.2, -0.15) is 0 Å². The Bertz CT molecular complexity index is 519. The van der Waals surface area contributed by atoms with Gasteiger partial charge in [-0.25, -0.2) is 4.98 Å². The Balaban J connectivity index is 1.87. The van der Waals surface area contributed by atoms with Crippen LogP contribution in [0.1, 0.15) is 35.3 Å². The van der Waals surface area contributed by atoms with Crippen molar-refractivity contribution in [3.63, 3.8) is 0 Å². The van der Waals surface area contributed by atoms with Gasteiger partial charge in [-0.3, -0.25) is 4.99 Å². The predicted octanol–water partition coefficient (Wildman–Crippen LogP) is 2.05. The van der Waals surface area contributed by atoms with Crippen molar-refractivity contribution in [2.75, 3.05) is 40.0 Å². The van der Waals surface area contributed by atoms with Gasteiger partial charge in [0.15, 0.2) is 5.96 Å². The molecule has 0 atom stereocenters. The second-order valence-electron chi connectivity index (χ2n) is 6.12. The lowest BCUT2D eigenvalue weighted by atomic mass is 9.94. The summed E-state index contributed by atoms with van der Waals surface area (Å²) in [4.78, 5) is 10.6. The fourth-order valence-electron chi connectivity index (χ4n) is 2.67. The molecule has 0 aliphatic carbocycles. The fourth-order valence-corrected chi connectivity index (χ4v) is 3.60. The van der Waals surface area contributed by atoms with E-state index >= 15 is 0 Å². The Kier molecular flexibility index (Phi) is 7.45. The van der Waals surface area contributed by atoms with Gasteiger partial charge in [0, 0.05) is 57.6 Å². The summed E-state index contributed by atoms with van der Waals surface area (Å²) in [6.45, 7) is 10.1. The molecule has 24 heavy (non-hydrogen) atoms. The van der Waals surface area contributed by atoms with Crippen LogP contribution in [0.3, 0.4) is 0 Å². The molecule has 0 bridgehead atoms. The number of aromatic nitrogens is 1. The number of methoxy groups -OCH3 is 1. The van der Waals surface area contributed by atoms with Crippen LogP contribution in [-0.2, 0) is 15.9 Å². The lowest BCUT2D eigenvalue weighted by Gasteiger charge is -2.34. The number of hydrogen-bond acceptors (Lipinski definition) is 5. The van der Waals surface area contributed by atoms with Crippen molar-refractivity contribution in [1.29, 1.82) is 0 Å². The van der Waals surface area contributed by atoms with E-state index in [1.54, 1.807) is 18.4 Å². The molecule has 1 saturated heterocycles.